The average Bonchev–Trinajstić information content (AvgIpc) is 1.37. The molecule has 0 unspecified atom stereocenters. The Bertz CT molecular complexity index is 18.5. The molecule has 0 aromatic rings. The summed E-state index contributed by atoms with van der Waals surface area (Å²) in [7, 11) is 0. The molecule has 0 amide bonds. The van der Waals surface area contributed by atoms with E-state index in [1.807, 2.05) is 0 Å². The second-order valence-corrected chi connectivity index (χ2v) is 0.577. The molecule has 0 rings (SSSR count). The van der Waals surface area contributed by atoms with Crippen molar-refractivity contribution in [2.45, 2.75) is 0 Å². The Kier molecular flexibility index (Phi) is 421. The van der Waals surface area contributed by atoms with E-state index in [-0.39, 0.29) is 415 Å². The molecule has 0 heterocycles. The van der Waals surface area contributed by atoms with Crippen LogP contribution in [0.1, 0.15) is 0 Å². The van der Waals surface area contributed by atoms with Crippen molar-refractivity contribution in [2.75, 3.05) is 13.1 Å². The van der Waals surface area contributed by atoms with Gasteiger partial charge < -0.3 is 11.5 Å². The van der Waals surface area contributed by atoms with Gasteiger partial charge in [-0.25, -0.2) is 0 Å². The number of rotatable bonds is 1. The Morgan fingerprint density at radius 3 is 0.400 bits per heavy atom. The minimum Gasteiger partial charge on any atom is -0.329 e. The topological polar surface area (TPSA) is 52.0 Å². The summed E-state index contributed by atoms with van der Waals surface area (Å²) in [5.41, 5.74) is 9.81. The third kappa shape index (κ3) is 84.5. The van der Waals surface area contributed by atoms with Gasteiger partial charge in [0.15, 0.2) is 0 Å². The smallest absolute Gasteiger partial charge is 0.00461 e. The maximum absolute atomic E-state index is 4.90. The van der Waals surface area contributed by atoms with Gasteiger partial charge in [-0.1, -0.05) is 0 Å². The van der Waals surface area contributed by atoms with Crippen LogP contribution in [-0.2, 0) is 0 Å². The van der Waals surface area contributed by atoms with Crippen molar-refractivity contribution in [3.05, 3.63) is 0 Å². The molecule has 0 atom stereocenters. The normalized spacial score (nSPS) is 2.00. The van der Waals surface area contributed by atoms with Crippen molar-refractivity contribution in [3.8, 4) is 0 Å². The molecule has 15 heavy (non-hydrogen) atoms. The minimum absolute atomic E-state index is 0. The van der Waals surface area contributed by atoms with E-state index in [1.54, 1.807) is 0 Å². The predicted octanol–water partition coefficient (Wildman–Crippen LogP) is -1.10. The quantitative estimate of drug-likeness (QED) is 0.482. The average molecular weight is 500 g/mol. The van der Waals surface area contributed by atoms with Gasteiger partial charge in [-0.2, -0.15) is 0 Å². The van der Waals surface area contributed by atoms with Crippen LogP contribution >= 0.6 is 0 Å². The maximum Gasteiger partial charge on any atom is 0.00461 e. The van der Waals surface area contributed by atoms with Crippen LogP contribution in [-0.4, -0.2) is 13.1 Å². The fourth-order valence-electron chi connectivity index (χ4n) is 0. The van der Waals surface area contributed by atoms with Crippen LogP contribution in [0.15, 0.2) is 0 Å². The van der Waals surface area contributed by atoms with Crippen LogP contribution in [0, 0.1) is 415 Å². The molecule has 13 heteroatoms. The zero-order chi connectivity index (χ0) is 3.41. The predicted molar refractivity (Wildman–Crippen MR) is 18.1 cm³/mol. The zero-order valence-electron chi connectivity index (χ0n) is 6.46. The van der Waals surface area contributed by atoms with Crippen molar-refractivity contribution in [3.63, 3.8) is 0 Å². The van der Waals surface area contributed by atoms with E-state index in [9.17, 15) is 0 Å². The monoisotopic (exact) mass is 500 g/mol. The Balaban J connectivity index is -0.000000000818. The molecule has 0 saturated carbocycles. The summed E-state index contributed by atoms with van der Waals surface area (Å²) in [5, 5.41) is 0. The number of nitrogens with two attached hydrogens (primary N) is 2. The van der Waals surface area contributed by atoms with E-state index in [0.717, 1.165) is 0 Å². The van der Waals surface area contributed by atoms with Crippen LogP contribution in [0.5, 0.6) is 0 Å². The number of hydrogen-bond acceptors (Lipinski definition) is 2. The van der Waals surface area contributed by atoms with E-state index in [2.05, 4.69) is 0 Å². The Morgan fingerprint density at radius 1 is 0.333 bits per heavy atom. The molecule has 0 aromatic heterocycles. The van der Waals surface area contributed by atoms with Gasteiger partial charge in [0.1, 0.15) is 0 Å². The van der Waals surface area contributed by atoms with Crippen LogP contribution in [0.4, 0.5) is 0 Å². The molecule has 0 aliphatic heterocycles. The fourth-order valence-corrected chi connectivity index (χ4v) is 0. The molecule has 2 nitrogen and oxygen atoms in total. The SMILES string of the molecule is NCCN.[Ar].[Ar].[Ar].[Ar].[Ar].[Ar].[Ar].[Ar].[Ar].[Ar].[Ar]. The van der Waals surface area contributed by atoms with Gasteiger partial charge >= 0.3 is 0 Å². The largest absolute Gasteiger partial charge is 0.329 e. The number of hydrogen-bond donors (Lipinski definition) is 2. The standard InChI is InChI=1S/C2H8N2.11Ar/c3-1-2-4;;;;;;;;;;;/h1-4H2;;;;;;;;;;;. The van der Waals surface area contributed by atoms with Gasteiger partial charge in [0.05, 0.1) is 0 Å². The molecule has 0 fully saturated rings. The molecule has 0 bridgehead atoms. The van der Waals surface area contributed by atoms with Crippen molar-refractivity contribution in [1.29, 1.82) is 0 Å². The third-order valence-corrected chi connectivity index (χ3v) is 0.167. The van der Waals surface area contributed by atoms with Crippen LogP contribution < -0.4 is 11.5 Å². The summed E-state index contributed by atoms with van der Waals surface area (Å²) in [6, 6.07) is 0. The summed E-state index contributed by atoms with van der Waals surface area (Å²) >= 11 is 0. The van der Waals surface area contributed by atoms with E-state index >= 15 is 0 Å². The van der Waals surface area contributed by atoms with Gasteiger partial charge in [0, 0.05) is 428 Å². The zero-order valence-corrected chi connectivity index (χ0v) is 14.2. The molecule has 0 spiro atoms. The molecule has 0 aromatic carbocycles. The summed E-state index contributed by atoms with van der Waals surface area (Å²) in [4.78, 5) is 0. The molecular weight excluding hydrogens is 491 g/mol. The Morgan fingerprint density at radius 2 is 0.400 bits per heavy atom. The first kappa shape index (κ1) is 78.9. The Labute approximate surface area is 423 Å². The molecule has 0 radical (unpaired) electrons. The molecule has 0 aliphatic carbocycles. The molecule has 0 aliphatic rings. The van der Waals surface area contributed by atoms with Crippen molar-refractivity contribution >= 4 is 0 Å². The van der Waals surface area contributed by atoms with Gasteiger partial charge in [0.2, 0.25) is 0 Å². The second-order valence-electron chi connectivity index (χ2n) is 0.577. The van der Waals surface area contributed by atoms with Gasteiger partial charge in [0.25, 0.3) is 0 Å². The molecule has 4 N–H and O–H groups in total. The Hall–Kier alpha value is 13.8. The first-order valence-corrected chi connectivity index (χ1v) is 1.32. The fraction of sp³-hybridized carbons (Fsp3) is 1.00. The molecule has 0 saturated heterocycles. The first-order chi connectivity index (χ1) is 1.91. The van der Waals surface area contributed by atoms with Gasteiger partial charge in [-0.3, -0.25) is 0 Å². The van der Waals surface area contributed by atoms with E-state index in [1.165, 1.54) is 0 Å². The van der Waals surface area contributed by atoms with Crippen molar-refractivity contribution in [2.24, 2.45) is 11.5 Å². The summed E-state index contributed by atoms with van der Waals surface area (Å²) in [6.45, 7) is 1.19. The van der Waals surface area contributed by atoms with Gasteiger partial charge in [-0.15, -0.1) is 0 Å². The summed E-state index contributed by atoms with van der Waals surface area (Å²) in [5.74, 6) is 0. The second kappa shape index (κ2) is 80.0. The molecular formula is C2H8Ar11N2. The van der Waals surface area contributed by atoms with Crippen LogP contribution in [0.2, 0.25) is 0 Å². The van der Waals surface area contributed by atoms with E-state index < -0.39 is 0 Å². The summed E-state index contributed by atoms with van der Waals surface area (Å²) in [6.07, 6.45) is 0. The van der Waals surface area contributed by atoms with Crippen molar-refractivity contribution < 1.29 is 415 Å². The van der Waals surface area contributed by atoms with E-state index in [4.69, 9.17) is 11.5 Å². The minimum atomic E-state index is 0. The summed E-state index contributed by atoms with van der Waals surface area (Å²) < 4.78 is 0. The van der Waals surface area contributed by atoms with Gasteiger partial charge in [-0.05, 0) is 0 Å². The van der Waals surface area contributed by atoms with E-state index in [0.29, 0.717) is 13.1 Å². The first-order valence-electron chi connectivity index (χ1n) is 1.32. The van der Waals surface area contributed by atoms with Crippen LogP contribution in [0.25, 0.3) is 0 Å². The third-order valence-electron chi connectivity index (χ3n) is 0.167. The van der Waals surface area contributed by atoms with Crippen molar-refractivity contribution in [1.82, 2.24) is 0 Å². The molecule has 114 valence electrons. The van der Waals surface area contributed by atoms with Crippen LogP contribution in [0.3, 0.4) is 0 Å². The maximum atomic E-state index is 4.90.